The highest BCUT2D eigenvalue weighted by molar-refractivity contribution is 7.49. The highest BCUT2D eigenvalue weighted by Gasteiger charge is 2.34. The summed E-state index contributed by atoms with van der Waals surface area (Å²) in [5.41, 5.74) is 4.19. The summed E-state index contributed by atoms with van der Waals surface area (Å²) in [4.78, 5) is 0. The van der Waals surface area contributed by atoms with E-state index in [2.05, 4.69) is 0 Å². The quantitative estimate of drug-likeness (QED) is 0.184. The molecule has 0 saturated heterocycles. The average molecular weight is 529 g/mol. The number of hydrogen-bond acceptors (Lipinski definition) is 4. The van der Waals surface area contributed by atoms with Crippen molar-refractivity contribution < 1.29 is 18.1 Å². The molecule has 0 amide bonds. The Hall–Kier alpha value is -4.79. The molecule has 0 saturated carbocycles. The number of fused-ring (bicyclic) bond motifs is 1. The maximum absolute atomic E-state index is 14.2. The number of rotatable bonds is 8. The zero-order valence-corrected chi connectivity index (χ0v) is 21.9. The van der Waals surface area contributed by atoms with Crippen LogP contribution in [0.5, 0.6) is 17.2 Å². The molecule has 6 rings (SSSR count). The van der Waals surface area contributed by atoms with E-state index in [9.17, 15) is 4.57 Å². The largest absolute Gasteiger partial charge is 0.647 e. The molecule has 190 valence electrons. The van der Waals surface area contributed by atoms with Crippen molar-refractivity contribution in [2.75, 3.05) is 0 Å². The average Bonchev–Trinajstić information content (AvgIpc) is 2.99. The van der Waals surface area contributed by atoms with Crippen LogP contribution < -0.4 is 13.6 Å². The Morgan fingerprint density at radius 1 is 0.385 bits per heavy atom. The van der Waals surface area contributed by atoms with Crippen molar-refractivity contribution >= 4 is 18.6 Å². The molecule has 5 heteroatoms. The van der Waals surface area contributed by atoms with E-state index >= 15 is 0 Å². The molecule has 39 heavy (non-hydrogen) atoms. The first-order valence-electron chi connectivity index (χ1n) is 12.6. The molecule has 6 aromatic carbocycles. The highest BCUT2D eigenvalue weighted by atomic mass is 31.2. The zero-order valence-electron chi connectivity index (χ0n) is 21.0. The molecular formula is C34H25O4P. The summed E-state index contributed by atoms with van der Waals surface area (Å²) in [5, 5.41) is 1.77. The lowest BCUT2D eigenvalue weighted by Crippen LogP contribution is -2.08. The summed E-state index contributed by atoms with van der Waals surface area (Å²) in [7, 11) is -4.16. The van der Waals surface area contributed by atoms with Crippen LogP contribution in [-0.2, 0) is 4.57 Å². The van der Waals surface area contributed by atoms with E-state index in [1.54, 1.807) is 30.3 Å². The van der Waals surface area contributed by atoms with Crippen LogP contribution in [-0.4, -0.2) is 0 Å². The van der Waals surface area contributed by atoms with Crippen LogP contribution in [0.1, 0.15) is 0 Å². The van der Waals surface area contributed by atoms with E-state index in [0.717, 1.165) is 33.0 Å². The fourth-order valence-corrected chi connectivity index (χ4v) is 5.66. The Labute approximate surface area is 227 Å². The lowest BCUT2D eigenvalue weighted by atomic mass is 10.1. The van der Waals surface area contributed by atoms with Gasteiger partial charge in [0.1, 0.15) is 17.2 Å². The molecule has 0 aliphatic heterocycles. The summed E-state index contributed by atoms with van der Waals surface area (Å²) in [6.07, 6.45) is 0. The van der Waals surface area contributed by atoms with Crippen molar-refractivity contribution in [1.29, 1.82) is 0 Å². The van der Waals surface area contributed by atoms with Crippen LogP contribution in [0, 0.1) is 0 Å². The maximum atomic E-state index is 14.2. The molecule has 0 fully saturated rings. The van der Waals surface area contributed by atoms with Gasteiger partial charge in [-0.1, -0.05) is 121 Å². The Balaban J connectivity index is 1.31. The number of benzene rings is 6. The minimum atomic E-state index is -4.16. The second kappa shape index (κ2) is 10.9. The minimum absolute atomic E-state index is 0.374. The third kappa shape index (κ3) is 5.72. The van der Waals surface area contributed by atoms with Crippen LogP contribution in [0.3, 0.4) is 0 Å². The fourth-order valence-electron chi connectivity index (χ4n) is 4.39. The van der Waals surface area contributed by atoms with Crippen molar-refractivity contribution in [1.82, 2.24) is 0 Å². The lowest BCUT2D eigenvalue weighted by molar-refractivity contribution is 0.299. The molecule has 0 heterocycles. The minimum Gasteiger partial charge on any atom is -0.386 e. The lowest BCUT2D eigenvalue weighted by Gasteiger charge is -2.20. The fraction of sp³-hybridized carbons (Fsp3) is 0. The molecule has 0 atom stereocenters. The Morgan fingerprint density at radius 3 is 1.36 bits per heavy atom. The summed E-state index contributed by atoms with van der Waals surface area (Å²) in [5.74, 6) is 1.16. The van der Waals surface area contributed by atoms with Gasteiger partial charge in [0.05, 0.1) is 0 Å². The zero-order chi connectivity index (χ0) is 26.5. The van der Waals surface area contributed by atoms with Crippen molar-refractivity contribution in [2.45, 2.75) is 0 Å². The molecule has 0 unspecified atom stereocenters. The molecular weight excluding hydrogens is 503 g/mol. The van der Waals surface area contributed by atoms with Crippen LogP contribution in [0.4, 0.5) is 0 Å². The number of phosphoric acid groups is 1. The van der Waals surface area contributed by atoms with Crippen molar-refractivity contribution in [3.63, 3.8) is 0 Å². The van der Waals surface area contributed by atoms with E-state index in [4.69, 9.17) is 13.6 Å². The van der Waals surface area contributed by atoms with Gasteiger partial charge in [-0.25, -0.2) is 0 Å². The molecule has 0 spiro atoms. The third-order valence-electron chi connectivity index (χ3n) is 6.32. The van der Waals surface area contributed by atoms with Crippen LogP contribution in [0.25, 0.3) is 33.0 Å². The maximum Gasteiger partial charge on any atom is 0.647 e. The molecule has 6 aromatic rings. The first-order valence-corrected chi connectivity index (χ1v) is 14.1. The summed E-state index contributed by atoms with van der Waals surface area (Å²) in [6, 6.07) is 48.1. The first-order chi connectivity index (χ1) is 19.2. The Bertz CT molecular complexity index is 1640. The predicted molar refractivity (Wildman–Crippen MR) is 157 cm³/mol. The number of phosphoric ester groups is 1. The van der Waals surface area contributed by atoms with Crippen LogP contribution in [0.2, 0.25) is 0 Å². The summed E-state index contributed by atoms with van der Waals surface area (Å²) >= 11 is 0. The van der Waals surface area contributed by atoms with Gasteiger partial charge in [-0.3, -0.25) is 0 Å². The summed E-state index contributed by atoms with van der Waals surface area (Å²) < 4.78 is 32.2. The Kier molecular flexibility index (Phi) is 6.86. The van der Waals surface area contributed by atoms with Gasteiger partial charge in [0, 0.05) is 5.39 Å². The van der Waals surface area contributed by atoms with Crippen LogP contribution >= 0.6 is 7.82 Å². The van der Waals surface area contributed by atoms with Gasteiger partial charge < -0.3 is 13.6 Å². The van der Waals surface area contributed by atoms with Gasteiger partial charge in [-0.15, -0.1) is 0 Å². The van der Waals surface area contributed by atoms with Crippen LogP contribution in [0.15, 0.2) is 152 Å². The summed E-state index contributed by atoms with van der Waals surface area (Å²) in [6.45, 7) is 0. The van der Waals surface area contributed by atoms with Gasteiger partial charge in [0.15, 0.2) is 0 Å². The van der Waals surface area contributed by atoms with E-state index in [1.165, 1.54) is 0 Å². The molecule has 0 aromatic heterocycles. The van der Waals surface area contributed by atoms with Gasteiger partial charge in [0.2, 0.25) is 0 Å². The first kappa shape index (κ1) is 24.5. The third-order valence-corrected chi connectivity index (χ3v) is 7.61. The second-order valence-corrected chi connectivity index (χ2v) is 10.4. The predicted octanol–water partition coefficient (Wildman–Crippen LogP) is 9.82. The normalized spacial score (nSPS) is 11.2. The van der Waals surface area contributed by atoms with Gasteiger partial charge >= 0.3 is 7.82 Å². The van der Waals surface area contributed by atoms with E-state index in [0.29, 0.717) is 17.2 Å². The molecule has 0 radical (unpaired) electrons. The Morgan fingerprint density at radius 2 is 0.821 bits per heavy atom. The van der Waals surface area contributed by atoms with Gasteiger partial charge in [-0.2, -0.15) is 4.57 Å². The number of hydrogen-bond donors (Lipinski definition) is 0. The van der Waals surface area contributed by atoms with Crippen molar-refractivity contribution in [2.24, 2.45) is 0 Å². The smallest absolute Gasteiger partial charge is 0.386 e. The molecule has 4 nitrogen and oxygen atoms in total. The molecule has 0 N–H and O–H groups in total. The van der Waals surface area contributed by atoms with Crippen molar-refractivity contribution in [3.05, 3.63) is 152 Å². The SMILES string of the molecule is O=P(Oc1ccc(-c2ccccc2)cc1)(Oc1ccc(-c2ccccc2)cc1)Oc1cccc2ccccc12. The monoisotopic (exact) mass is 528 g/mol. The highest BCUT2D eigenvalue weighted by Crippen LogP contribution is 2.51. The standard InChI is InChI=1S/C34H25O4P/c35-39(38-34-17-9-15-30-14-7-8-16-33(30)34,36-31-22-18-28(19-23-31)26-10-3-1-4-11-26)37-32-24-20-29(21-25-32)27-12-5-2-6-13-27/h1-25H. The van der Waals surface area contributed by atoms with Gasteiger partial charge in [0.25, 0.3) is 0 Å². The van der Waals surface area contributed by atoms with Gasteiger partial charge in [-0.05, 0) is 58.0 Å². The topological polar surface area (TPSA) is 44.8 Å². The van der Waals surface area contributed by atoms with E-state index in [-0.39, 0.29) is 0 Å². The van der Waals surface area contributed by atoms with E-state index in [1.807, 2.05) is 121 Å². The molecule has 0 aliphatic carbocycles. The van der Waals surface area contributed by atoms with Crippen molar-refractivity contribution in [3.8, 4) is 39.5 Å². The van der Waals surface area contributed by atoms with E-state index < -0.39 is 7.82 Å². The molecule has 0 bridgehead atoms. The second-order valence-electron chi connectivity index (χ2n) is 8.98. The molecule has 0 aliphatic rings.